The van der Waals surface area contributed by atoms with Crippen LogP contribution in [-0.2, 0) is 5.41 Å². The van der Waals surface area contributed by atoms with Gasteiger partial charge in [-0.05, 0) is 49.7 Å². The van der Waals surface area contributed by atoms with Crippen LogP contribution in [0.3, 0.4) is 0 Å². The molecule has 1 fully saturated rings. The molecule has 1 saturated heterocycles. The van der Waals surface area contributed by atoms with E-state index >= 15 is 0 Å². The van der Waals surface area contributed by atoms with Crippen LogP contribution in [0.1, 0.15) is 49.6 Å². The predicted octanol–water partition coefficient (Wildman–Crippen LogP) is 5.70. The van der Waals surface area contributed by atoms with Gasteiger partial charge in [0.1, 0.15) is 17.3 Å². The summed E-state index contributed by atoms with van der Waals surface area (Å²) in [5, 5.41) is 3.52. The first-order valence-electron chi connectivity index (χ1n) is 9.43. The Morgan fingerprint density at radius 3 is 2.81 bits per heavy atom. The third-order valence-electron chi connectivity index (χ3n) is 5.79. The molecule has 2 aliphatic heterocycles. The van der Waals surface area contributed by atoms with Crippen LogP contribution in [0.2, 0.25) is 0 Å². The van der Waals surface area contributed by atoms with Crippen molar-refractivity contribution in [3.63, 3.8) is 0 Å². The number of nitrogens with zero attached hydrogens (tertiary/aromatic N) is 1. The average molecular weight is 424 g/mol. The van der Waals surface area contributed by atoms with Gasteiger partial charge in [-0.1, -0.05) is 35.8 Å². The van der Waals surface area contributed by atoms with Crippen LogP contribution in [0.5, 0.6) is 11.5 Å². The Morgan fingerprint density at radius 2 is 2.00 bits per heavy atom. The highest BCUT2D eigenvalue weighted by molar-refractivity contribution is 9.10. The number of imidazole rings is 1. The number of halogens is 1. The van der Waals surface area contributed by atoms with Crippen LogP contribution in [0, 0.1) is 0 Å². The molecule has 1 atom stereocenters. The number of nitrogens with one attached hydrogen (secondary N) is 2. The number of aromatic amines is 1. The van der Waals surface area contributed by atoms with E-state index in [1.165, 1.54) is 29.7 Å². The normalized spacial score (nSPS) is 20.0. The maximum Gasteiger partial charge on any atom is 0.137 e. The molecule has 0 spiro atoms. The molecule has 0 radical (unpaired) electrons. The van der Waals surface area contributed by atoms with Gasteiger partial charge in [-0.3, -0.25) is 0 Å². The van der Waals surface area contributed by atoms with Crippen LogP contribution < -0.4 is 10.1 Å². The van der Waals surface area contributed by atoms with E-state index in [1.807, 2.05) is 12.3 Å². The highest BCUT2D eigenvalue weighted by atomic mass is 79.9. The third kappa shape index (κ3) is 2.80. The summed E-state index contributed by atoms with van der Waals surface area (Å²) < 4.78 is 7.23. The number of hydrogen-bond acceptors (Lipinski definition) is 3. The van der Waals surface area contributed by atoms with Crippen molar-refractivity contribution in [1.82, 2.24) is 15.3 Å². The lowest BCUT2D eigenvalue weighted by Crippen LogP contribution is -2.24. The lowest BCUT2D eigenvalue weighted by Gasteiger charge is -2.34. The number of H-pyrrole nitrogens is 1. The van der Waals surface area contributed by atoms with Crippen molar-refractivity contribution in [2.45, 2.75) is 38.1 Å². The maximum atomic E-state index is 6.20. The molecule has 3 heterocycles. The summed E-state index contributed by atoms with van der Waals surface area (Å²) in [5.74, 6) is 2.75. The van der Waals surface area contributed by atoms with E-state index in [-0.39, 0.29) is 5.41 Å². The van der Waals surface area contributed by atoms with Gasteiger partial charge in [0.05, 0.1) is 11.9 Å². The standard InChI is InChI=1S/C22H22BrN3O/c1-22(2)15-7-6-14(23)11-20(15)27-19-8-5-13(10-16(19)22)21-25-12-18(26-21)17-4-3-9-24-17/h5-8,10-12,17,24H,3-4,9H2,1-2H3,(H,25,26). The molecule has 138 valence electrons. The van der Waals surface area contributed by atoms with E-state index in [0.717, 1.165) is 33.9 Å². The van der Waals surface area contributed by atoms with Gasteiger partial charge in [-0.25, -0.2) is 4.98 Å². The van der Waals surface area contributed by atoms with E-state index in [1.54, 1.807) is 0 Å². The van der Waals surface area contributed by atoms with Gasteiger partial charge in [-0.2, -0.15) is 0 Å². The summed E-state index contributed by atoms with van der Waals surface area (Å²) >= 11 is 3.54. The molecule has 5 rings (SSSR count). The number of aromatic nitrogens is 2. The minimum Gasteiger partial charge on any atom is -0.457 e. The number of fused-ring (bicyclic) bond motifs is 2. The Bertz CT molecular complexity index is 1020. The fraction of sp³-hybridized carbons (Fsp3) is 0.318. The van der Waals surface area contributed by atoms with Gasteiger partial charge in [0, 0.05) is 32.6 Å². The van der Waals surface area contributed by atoms with E-state index < -0.39 is 0 Å². The first-order valence-corrected chi connectivity index (χ1v) is 10.2. The summed E-state index contributed by atoms with van der Waals surface area (Å²) in [6.07, 6.45) is 4.35. The molecule has 0 amide bonds. The second-order valence-electron chi connectivity index (χ2n) is 7.91. The van der Waals surface area contributed by atoms with Crippen LogP contribution in [0.4, 0.5) is 0 Å². The zero-order valence-electron chi connectivity index (χ0n) is 15.5. The molecule has 1 unspecified atom stereocenters. The second-order valence-corrected chi connectivity index (χ2v) is 8.83. The Balaban J connectivity index is 1.54. The highest BCUT2D eigenvalue weighted by Crippen LogP contribution is 2.49. The molecule has 2 N–H and O–H groups in total. The molecule has 27 heavy (non-hydrogen) atoms. The van der Waals surface area contributed by atoms with Crippen LogP contribution in [-0.4, -0.2) is 16.5 Å². The van der Waals surface area contributed by atoms with Gasteiger partial charge in [0.25, 0.3) is 0 Å². The van der Waals surface area contributed by atoms with Gasteiger partial charge in [-0.15, -0.1) is 0 Å². The van der Waals surface area contributed by atoms with Crippen LogP contribution in [0.25, 0.3) is 11.4 Å². The zero-order valence-corrected chi connectivity index (χ0v) is 17.1. The topological polar surface area (TPSA) is 49.9 Å². The molecule has 4 nitrogen and oxygen atoms in total. The van der Waals surface area contributed by atoms with E-state index in [9.17, 15) is 0 Å². The molecule has 2 aromatic carbocycles. The summed E-state index contributed by atoms with van der Waals surface area (Å²) in [7, 11) is 0. The predicted molar refractivity (Wildman–Crippen MR) is 110 cm³/mol. The molecular weight excluding hydrogens is 402 g/mol. The number of benzene rings is 2. The van der Waals surface area contributed by atoms with Crippen molar-refractivity contribution in [2.75, 3.05) is 6.54 Å². The SMILES string of the molecule is CC1(C)c2ccc(Br)cc2Oc2ccc(-c3ncc(C4CCCN4)[nH]3)cc21. The Kier molecular flexibility index (Phi) is 3.92. The van der Waals surface area contributed by atoms with Gasteiger partial charge >= 0.3 is 0 Å². The summed E-state index contributed by atoms with van der Waals surface area (Å²) in [6, 6.07) is 13.0. The lowest BCUT2D eigenvalue weighted by atomic mass is 9.75. The minimum absolute atomic E-state index is 0.137. The third-order valence-corrected chi connectivity index (χ3v) is 6.29. The lowest BCUT2D eigenvalue weighted by molar-refractivity contribution is 0.418. The Labute approximate surface area is 167 Å². The highest BCUT2D eigenvalue weighted by Gasteiger charge is 2.34. The number of rotatable bonds is 2. The summed E-state index contributed by atoms with van der Waals surface area (Å²) in [6.45, 7) is 5.58. The zero-order chi connectivity index (χ0) is 18.6. The van der Waals surface area contributed by atoms with Gasteiger partial charge in [0.15, 0.2) is 0 Å². The number of hydrogen-bond donors (Lipinski definition) is 2. The monoisotopic (exact) mass is 423 g/mol. The first kappa shape index (κ1) is 17.0. The van der Waals surface area contributed by atoms with Crippen molar-refractivity contribution in [2.24, 2.45) is 0 Å². The second kappa shape index (κ2) is 6.21. The van der Waals surface area contributed by atoms with E-state index in [2.05, 4.69) is 75.4 Å². The van der Waals surface area contributed by atoms with Crippen molar-refractivity contribution >= 4 is 15.9 Å². The molecule has 2 aliphatic rings. The summed E-state index contributed by atoms with van der Waals surface area (Å²) in [4.78, 5) is 8.15. The van der Waals surface area contributed by atoms with Crippen LogP contribution in [0.15, 0.2) is 47.1 Å². The van der Waals surface area contributed by atoms with Crippen LogP contribution >= 0.6 is 15.9 Å². The maximum absolute atomic E-state index is 6.20. The first-order chi connectivity index (χ1) is 13.0. The molecule has 3 aromatic rings. The summed E-state index contributed by atoms with van der Waals surface area (Å²) in [5.41, 5.74) is 4.51. The van der Waals surface area contributed by atoms with Gasteiger partial charge < -0.3 is 15.0 Å². The quantitative estimate of drug-likeness (QED) is 0.555. The van der Waals surface area contributed by atoms with Crippen molar-refractivity contribution in [3.8, 4) is 22.9 Å². The molecular formula is C22H22BrN3O. The molecule has 0 saturated carbocycles. The van der Waals surface area contributed by atoms with Gasteiger partial charge in [0.2, 0.25) is 0 Å². The fourth-order valence-electron chi connectivity index (χ4n) is 4.22. The number of ether oxygens (including phenoxy) is 1. The smallest absolute Gasteiger partial charge is 0.137 e. The average Bonchev–Trinajstić information content (AvgIpc) is 3.33. The molecule has 5 heteroatoms. The molecule has 0 bridgehead atoms. The van der Waals surface area contributed by atoms with E-state index in [0.29, 0.717) is 6.04 Å². The largest absolute Gasteiger partial charge is 0.457 e. The fourth-order valence-corrected chi connectivity index (χ4v) is 4.56. The minimum atomic E-state index is -0.137. The van der Waals surface area contributed by atoms with Crippen molar-refractivity contribution in [3.05, 3.63) is 63.9 Å². The van der Waals surface area contributed by atoms with Crippen molar-refractivity contribution < 1.29 is 4.74 Å². The van der Waals surface area contributed by atoms with Crippen molar-refractivity contribution in [1.29, 1.82) is 0 Å². The molecule has 0 aliphatic carbocycles. The Morgan fingerprint density at radius 1 is 1.11 bits per heavy atom. The van der Waals surface area contributed by atoms with E-state index in [4.69, 9.17) is 4.74 Å². The molecule has 1 aromatic heterocycles. The Hall–Kier alpha value is -2.11.